The van der Waals surface area contributed by atoms with Gasteiger partial charge in [-0.3, -0.25) is 4.90 Å². The molecule has 1 aromatic rings. The molecule has 18 heavy (non-hydrogen) atoms. The molecule has 0 bridgehead atoms. The van der Waals surface area contributed by atoms with E-state index in [-0.39, 0.29) is 6.04 Å². The van der Waals surface area contributed by atoms with Crippen LogP contribution >= 0.6 is 0 Å². The van der Waals surface area contributed by atoms with Gasteiger partial charge in [-0.15, -0.1) is 0 Å². The second-order valence-electron chi connectivity index (χ2n) is 5.59. The van der Waals surface area contributed by atoms with E-state index >= 15 is 0 Å². The molecule has 1 aliphatic rings. The predicted molar refractivity (Wildman–Crippen MR) is 77.4 cm³/mol. The van der Waals surface area contributed by atoms with Crippen LogP contribution in [0.1, 0.15) is 56.8 Å². The first kappa shape index (κ1) is 13.6. The molecule has 0 radical (unpaired) electrons. The third-order valence-electron chi connectivity index (χ3n) is 4.32. The van der Waals surface area contributed by atoms with E-state index in [4.69, 9.17) is 5.73 Å². The van der Waals surface area contributed by atoms with Crippen molar-refractivity contribution >= 4 is 0 Å². The molecule has 0 amide bonds. The smallest absolute Gasteiger partial charge is 0.0369 e. The average Bonchev–Trinajstić information content (AvgIpc) is 2.74. The van der Waals surface area contributed by atoms with Crippen LogP contribution in [0, 0.1) is 5.92 Å². The van der Waals surface area contributed by atoms with Crippen LogP contribution in [0.3, 0.4) is 0 Å². The number of rotatable bonds is 5. The Bertz CT molecular complexity index is 388. The van der Waals surface area contributed by atoms with Crippen molar-refractivity contribution in [2.45, 2.75) is 45.7 Å². The lowest BCUT2D eigenvalue weighted by molar-refractivity contribution is 0.173. The van der Waals surface area contributed by atoms with Gasteiger partial charge in [0, 0.05) is 18.6 Å². The number of hydrogen-bond donors (Lipinski definition) is 1. The summed E-state index contributed by atoms with van der Waals surface area (Å²) < 4.78 is 0. The molecule has 2 N–H and O–H groups in total. The molecule has 0 heterocycles. The molecule has 0 aliphatic heterocycles. The maximum absolute atomic E-state index is 6.27. The van der Waals surface area contributed by atoms with E-state index < -0.39 is 0 Å². The molecule has 0 saturated carbocycles. The summed E-state index contributed by atoms with van der Waals surface area (Å²) in [6.45, 7) is 9.15. The molecule has 0 fully saturated rings. The van der Waals surface area contributed by atoms with Gasteiger partial charge in [-0.05, 0) is 30.0 Å². The van der Waals surface area contributed by atoms with Crippen molar-refractivity contribution in [2.24, 2.45) is 11.7 Å². The maximum Gasteiger partial charge on any atom is 0.0369 e. The third-order valence-corrected chi connectivity index (χ3v) is 4.32. The fourth-order valence-electron chi connectivity index (χ4n) is 3.00. The van der Waals surface area contributed by atoms with Crippen molar-refractivity contribution in [3.8, 4) is 0 Å². The van der Waals surface area contributed by atoms with E-state index in [1.165, 1.54) is 24.1 Å². The van der Waals surface area contributed by atoms with Gasteiger partial charge in [-0.1, -0.05) is 51.5 Å². The van der Waals surface area contributed by atoms with Crippen LogP contribution in [0.25, 0.3) is 0 Å². The Balaban J connectivity index is 2.18. The minimum Gasteiger partial charge on any atom is -0.324 e. The molecule has 2 nitrogen and oxygen atoms in total. The summed E-state index contributed by atoms with van der Waals surface area (Å²) in [5.74, 6) is 0.758. The highest BCUT2D eigenvalue weighted by Crippen LogP contribution is 2.40. The first-order valence-corrected chi connectivity index (χ1v) is 7.25. The van der Waals surface area contributed by atoms with Crippen LogP contribution in [-0.4, -0.2) is 18.0 Å². The second-order valence-corrected chi connectivity index (χ2v) is 5.59. The minimum absolute atomic E-state index is 0.220. The summed E-state index contributed by atoms with van der Waals surface area (Å²) in [5.41, 5.74) is 9.07. The Morgan fingerprint density at radius 2 is 1.94 bits per heavy atom. The van der Waals surface area contributed by atoms with Gasteiger partial charge in [0.05, 0.1) is 0 Å². The van der Waals surface area contributed by atoms with Gasteiger partial charge in [-0.25, -0.2) is 0 Å². The molecule has 3 unspecified atom stereocenters. The monoisotopic (exact) mass is 246 g/mol. The van der Waals surface area contributed by atoms with E-state index in [2.05, 4.69) is 49.9 Å². The molecular formula is C16H26N2. The molecule has 0 spiro atoms. The van der Waals surface area contributed by atoms with E-state index in [0.29, 0.717) is 6.04 Å². The highest BCUT2D eigenvalue weighted by molar-refractivity contribution is 5.37. The van der Waals surface area contributed by atoms with Gasteiger partial charge in [0.15, 0.2) is 0 Å². The zero-order valence-corrected chi connectivity index (χ0v) is 11.9. The van der Waals surface area contributed by atoms with Crippen LogP contribution in [0.2, 0.25) is 0 Å². The highest BCUT2D eigenvalue weighted by Gasteiger charge is 2.31. The predicted octanol–water partition coefficient (Wildman–Crippen LogP) is 3.50. The lowest BCUT2D eigenvalue weighted by atomic mass is 10.0. The summed E-state index contributed by atoms with van der Waals surface area (Å²) in [7, 11) is 0. The SMILES string of the molecule is CCC(C)CN(CC)C1CC(N)c2ccccc21. The van der Waals surface area contributed by atoms with Crippen molar-refractivity contribution in [1.82, 2.24) is 4.90 Å². The fraction of sp³-hybridized carbons (Fsp3) is 0.625. The molecule has 1 aliphatic carbocycles. The summed E-state index contributed by atoms with van der Waals surface area (Å²) in [4.78, 5) is 2.60. The quantitative estimate of drug-likeness (QED) is 0.861. The van der Waals surface area contributed by atoms with Crippen molar-refractivity contribution in [3.63, 3.8) is 0 Å². The lowest BCUT2D eigenvalue weighted by Crippen LogP contribution is -2.31. The van der Waals surface area contributed by atoms with E-state index in [1.54, 1.807) is 0 Å². The molecule has 1 aromatic carbocycles. The van der Waals surface area contributed by atoms with Crippen molar-refractivity contribution < 1.29 is 0 Å². The number of nitrogens with two attached hydrogens (primary N) is 1. The summed E-state index contributed by atoms with van der Waals surface area (Å²) in [6.07, 6.45) is 2.32. The average molecular weight is 246 g/mol. The number of fused-ring (bicyclic) bond motifs is 1. The Morgan fingerprint density at radius 1 is 1.28 bits per heavy atom. The van der Waals surface area contributed by atoms with E-state index in [1.807, 2.05) is 0 Å². The summed E-state index contributed by atoms with van der Waals surface area (Å²) in [5, 5.41) is 0. The Kier molecular flexibility index (Phi) is 4.41. The number of hydrogen-bond acceptors (Lipinski definition) is 2. The molecule has 0 aromatic heterocycles. The van der Waals surface area contributed by atoms with Crippen LogP contribution < -0.4 is 5.73 Å². The van der Waals surface area contributed by atoms with E-state index in [9.17, 15) is 0 Å². The number of nitrogens with zero attached hydrogens (tertiary/aromatic N) is 1. The molecule has 3 atom stereocenters. The first-order valence-electron chi connectivity index (χ1n) is 7.25. The molecule has 100 valence electrons. The van der Waals surface area contributed by atoms with Gasteiger partial charge < -0.3 is 5.73 Å². The number of benzene rings is 1. The van der Waals surface area contributed by atoms with Gasteiger partial charge in [0.2, 0.25) is 0 Å². The zero-order chi connectivity index (χ0) is 13.1. The molecule has 2 heteroatoms. The van der Waals surface area contributed by atoms with Crippen LogP contribution in [0.5, 0.6) is 0 Å². The van der Waals surface area contributed by atoms with Crippen LogP contribution in [-0.2, 0) is 0 Å². The first-order chi connectivity index (χ1) is 8.67. The van der Waals surface area contributed by atoms with Crippen molar-refractivity contribution in [3.05, 3.63) is 35.4 Å². The minimum atomic E-state index is 0.220. The van der Waals surface area contributed by atoms with Gasteiger partial charge in [0.1, 0.15) is 0 Å². The summed E-state index contributed by atoms with van der Waals surface area (Å²) in [6, 6.07) is 9.43. The normalized spacial score (nSPS) is 24.3. The van der Waals surface area contributed by atoms with Crippen LogP contribution in [0.15, 0.2) is 24.3 Å². The van der Waals surface area contributed by atoms with Gasteiger partial charge in [0.25, 0.3) is 0 Å². The lowest BCUT2D eigenvalue weighted by Gasteiger charge is -2.30. The van der Waals surface area contributed by atoms with E-state index in [0.717, 1.165) is 18.9 Å². The summed E-state index contributed by atoms with van der Waals surface area (Å²) >= 11 is 0. The molecular weight excluding hydrogens is 220 g/mol. The Morgan fingerprint density at radius 3 is 2.56 bits per heavy atom. The molecule has 2 rings (SSSR count). The Hall–Kier alpha value is -0.860. The van der Waals surface area contributed by atoms with Gasteiger partial charge >= 0.3 is 0 Å². The van der Waals surface area contributed by atoms with Gasteiger partial charge in [-0.2, -0.15) is 0 Å². The zero-order valence-electron chi connectivity index (χ0n) is 11.9. The fourth-order valence-corrected chi connectivity index (χ4v) is 3.00. The topological polar surface area (TPSA) is 29.3 Å². The third kappa shape index (κ3) is 2.60. The second kappa shape index (κ2) is 5.85. The molecule has 0 saturated heterocycles. The Labute approximate surface area is 111 Å². The van der Waals surface area contributed by atoms with Crippen molar-refractivity contribution in [2.75, 3.05) is 13.1 Å². The van der Waals surface area contributed by atoms with Crippen molar-refractivity contribution in [1.29, 1.82) is 0 Å². The largest absolute Gasteiger partial charge is 0.324 e. The van der Waals surface area contributed by atoms with Crippen LogP contribution in [0.4, 0.5) is 0 Å². The highest BCUT2D eigenvalue weighted by atomic mass is 15.2. The standard InChI is InChI=1S/C16H26N2/c1-4-12(3)11-18(5-2)16-10-15(17)13-8-6-7-9-14(13)16/h6-9,12,15-16H,4-5,10-11,17H2,1-3H3. The maximum atomic E-state index is 6.27.